The second-order valence-corrected chi connectivity index (χ2v) is 4.60. The third kappa shape index (κ3) is 3.36. The van der Waals surface area contributed by atoms with Gasteiger partial charge in [-0.25, -0.2) is 9.97 Å². The molecule has 0 spiro atoms. The number of hydrogen-bond acceptors (Lipinski definition) is 5. The summed E-state index contributed by atoms with van der Waals surface area (Å²) < 4.78 is 1.99. The Kier molecular flexibility index (Phi) is 4.59. The smallest absolute Gasteiger partial charge is 0.115 e. The number of nitrogens with two attached hydrogens (primary N) is 1. The monoisotopic (exact) mass is 260 g/mol. The summed E-state index contributed by atoms with van der Waals surface area (Å²) >= 11 is 0. The Morgan fingerprint density at radius 1 is 1.42 bits per heavy atom. The van der Waals surface area contributed by atoms with Crippen LogP contribution in [0.25, 0.3) is 0 Å². The molecule has 2 rings (SSSR count). The van der Waals surface area contributed by atoms with Gasteiger partial charge in [-0.05, 0) is 25.5 Å². The quantitative estimate of drug-likeness (QED) is 0.606. The van der Waals surface area contributed by atoms with Crippen LogP contribution in [0.3, 0.4) is 0 Å². The fourth-order valence-corrected chi connectivity index (χ4v) is 1.88. The average molecular weight is 260 g/mol. The number of nitrogens with one attached hydrogen (secondary N) is 1. The first kappa shape index (κ1) is 13.6. The van der Waals surface area contributed by atoms with Crippen LogP contribution in [-0.2, 0) is 6.42 Å². The Bertz CT molecular complexity index is 495. The van der Waals surface area contributed by atoms with Gasteiger partial charge in [0, 0.05) is 24.9 Å². The molecule has 0 aliphatic carbocycles. The van der Waals surface area contributed by atoms with Crippen molar-refractivity contribution in [3.8, 4) is 0 Å². The standard InChI is InChI=1S/C13H20N6/c1-3-10(2)19-7-5-11(18-19)8-13(17-14)12-4-6-15-9-16-12/h4-7,9-10,13,17H,3,8,14H2,1-2H3. The minimum atomic E-state index is -0.0525. The van der Waals surface area contributed by atoms with Crippen LogP contribution in [0.2, 0.25) is 0 Å². The Labute approximate surface area is 113 Å². The van der Waals surface area contributed by atoms with Gasteiger partial charge in [-0.1, -0.05) is 6.92 Å². The second-order valence-electron chi connectivity index (χ2n) is 4.60. The van der Waals surface area contributed by atoms with Crippen molar-refractivity contribution in [3.05, 3.63) is 42.2 Å². The summed E-state index contributed by atoms with van der Waals surface area (Å²) in [6.07, 6.45) is 7.02. The molecule has 0 aliphatic rings. The highest BCUT2D eigenvalue weighted by atomic mass is 15.3. The van der Waals surface area contributed by atoms with Crippen molar-refractivity contribution in [3.63, 3.8) is 0 Å². The van der Waals surface area contributed by atoms with Gasteiger partial charge in [0.25, 0.3) is 0 Å². The molecule has 0 aromatic carbocycles. The van der Waals surface area contributed by atoms with Crippen molar-refractivity contribution >= 4 is 0 Å². The fraction of sp³-hybridized carbons (Fsp3) is 0.462. The van der Waals surface area contributed by atoms with Gasteiger partial charge in [-0.15, -0.1) is 0 Å². The molecule has 19 heavy (non-hydrogen) atoms. The molecule has 6 nitrogen and oxygen atoms in total. The van der Waals surface area contributed by atoms with Gasteiger partial charge in [0.15, 0.2) is 0 Å². The topological polar surface area (TPSA) is 81.7 Å². The molecular formula is C13H20N6. The highest BCUT2D eigenvalue weighted by Gasteiger charge is 2.14. The molecule has 6 heteroatoms. The van der Waals surface area contributed by atoms with Crippen LogP contribution in [-0.4, -0.2) is 19.7 Å². The molecule has 2 heterocycles. The Morgan fingerprint density at radius 3 is 2.89 bits per heavy atom. The molecule has 2 unspecified atom stereocenters. The van der Waals surface area contributed by atoms with Crippen LogP contribution in [0.5, 0.6) is 0 Å². The van der Waals surface area contributed by atoms with Crippen molar-refractivity contribution in [1.82, 2.24) is 25.2 Å². The van der Waals surface area contributed by atoms with E-state index >= 15 is 0 Å². The lowest BCUT2D eigenvalue weighted by Gasteiger charge is -2.13. The van der Waals surface area contributed by atoms with E-state index in [1.807, 2.05) is 23.0 Å². The second kappa shape index (κ2) is 6.40. The van der Waals surface area contributed by atoms with Crippen LogP contribution < -0.4 is 11.3 Å². The summed E-state index contributed by atoms with van der Waals surface area (Å²) in [7, 11) is 0. The molecule has 2 aromatic heterocycles. The fourth-order valence-electron chi connectivity index (χ4n) is 1.88. The van der Waals surface area contributed by atoms with E-state index in [9.17, 15) is 0 Å². The zero-order chi connectivity index (χ0) is 13.7. The number of nitrogens with zero attached hydrogens (tertiary/aromatic N) is 4. The number of aromatic nitrogens is 4. The average Bonchev–Trinajstić information content (AvgIpc) is 2.93. The van der Waals surface area contributed by atoms with E-state index in [1.165, 1.54) is 6.33 Å². The highest BCUT2D eigenvalue weighted by Crippen LogP contribution is 2.15. The zero-order valence-electron chi connectivity index (χ0n) is 11.3. The molecule has 102 valence electrons. The summed E-state index contributed by atoms with van der Waals surface area (Å²) in [6, 6.07) is 4.24. The van der Waals surface area contributed by atoms with Gasteiger partial charge < -0.3 is 0 Å². The van der Waals surface area contributed by atoms with Crippen molar-refractivity contribution in [2.75, 3.05) is 0 Å². The molecule has 0 radical (unpaired) electrons. The molecule has 0 bridgehead atoms. The minimum Gasteiger partial charge on any atom is -0.271 e. The maximum atomic E-state index is 5.60. The van der Waals surface area contributed by atoms with Crippen molar-refractivity contribution in [2.24, 2.45) is 5.84 Å². The molecule has 0 aliphatic heterocycles. The molecule has 0 saturated carbocycles. The van der Waals surface area contributed by atoms with Gasteiger partial charge in [0.2, 0.25) is 0 Å². The van der Waals surface area contributed by atoms with Crippen LogP contribution >= 0.6 is 0 Å². The van der Waals surface area contributed by atoms with E-state index in [1.54, 1.807) is 6.20 Å². The van der Waals surface area contributed by atoms with E-state index in [0.29, 0.717) is 12.5 Å². The van der Waals surface area contributed by atoms with E-state index in [-0.39, 0.29) is 6.04 Å². The Morgan fingerprint density at radius 2 is 2.26 bits per heavy atom. The lowest BCUT2D eigenvalue weighted by molar-refractivity contribution is 0.465. The van der Waals surface area contributed by atoms with Gasteiger partial charge in [-0.3, -0.25) is 16.0 Å². The normalized spacial score (nSPS) is 14.3. The summed E-state index contributed by atoms with van der Waals surface area (Å²) in [5.41, 5.74) is 4.65. The van der Waals surface area contributed by atoms with Gasteiger partial charge in [0.1, 0.15) is 6.33 Å². The van der Waals surface area contributed by atoms with E-state index < -0.39 is 0 Å². The van der Waals surface area contributed by atoms with Gasteiger partial charge >= 0.3 is 0 Å². The van der Waals surface area contributed by atoms with Crippen molar-refractivity contribution in [1.29, 1.82) is 0 Å². The van der Waals surface area contributed by atoms with Crippen LogP contribution in [0.1, 0.15) is 43.7 Å². The molecular weight excluding hydrogens is 240 g/mol. The highest BCUT2D eigenvalue weighted by molar-refractivity contribution is 5.10. The molecule has 0 fully saturated rings. The lowest BCUT2D eigenvalue weighted by atomic mass is 10.1. The third-order valence-corrected chi connectivity index (χ3v) is 3.28. The van der Waals surface area contributed by atoms with Crippen LogP contribution in [0.4, 0.5) is 0 Å². The number of hydrazine groups is 1. The maximum Gasteiger partial charge on any atom is 0.115 e. The number of rotatable bonds is 6. The van der Waals surface area contributed by atoms with Crippen molar-refractivity contribution in [2.45, 2.75) is 38.8 Å². The predicted octanol–water partition coefficient (Wildman–Crippen LogP) is 1.39. The predicted molar refractivity (Wildman–Crippen MR) is 73.0 cm³/mol. The molecule has 2 aromatic rings. The molecule has 3 N–H and O–H groups in total. The lowest BCUT2D eigenvalue weighted by Crippen LogP contribution is -2.30. The SMILES string of the molecule is CCC(C)n1ccc(CC(NN)c2ccncn2)n1. The van der Waals surface area contributed by atoms with E-state index in [0.717, 1.165) is 17.8 Å². The zero-order valence-corrected chi connectivity index (χ0v) is 11.3. The summed E-state index contributed by atoms with van der Waals surface area (Å²) in [4.78, 5) is 8.12. The van der Waals surface area contributed by atoms with Crippen LogP contribution in [0.15, 0.2) is 30.9 Å². The third-order valence-electron chi connectivity index (χ3n) is 3.28. The molecule has 2 atom stereocenters. The Hall–Kier alpha value is -1.79. The minimum absolute atomic E-state index is 0.0525. The maximum absolute atomic E-state index is 5.60. The summed E-state index contributed by atoms with van der Waals surface area (Å²) in [5, 5.41) is 4.57. The Balaban J connectivity index is 2.09. The van der Waals surface area contributed by atoms with E-state index in [4.69, 9.17) is 5.84 Å². The summed E-state index contributed by atoms with van der Waals surface area (Å²) in [5.74, 6) is 5.60. The first-order chi connectivity index (χ1) is 9.24. The first-order valence-electron chi connectivity index (χ1n) is 6.50. The summed E-state index contributed by atoms with van der Waals surface area (Å²) in [6.45, 7) is 4.30. The first-order valence-corrected chi connectivity index (χ1v) is 6.50. The molecule has 0 saturated heterocycles. The molecule has 0 amide bonds. The van der Waals surface area contributed by atoms with Crippen molar-refractivity contribution < 1.29 is 0 Å². The number of hydrogen-bond donors (Lipinski definition) is 2. The largest absolute Gasteiger partial charge is 0.271 e. The van der Waals surface area contributed by atoms with Gasteiger partial charge in [0.05, 0.1) is 17.4 Å². The van der Waals surface area contributed by atoms with Gasteiger partial charge in [-0.2, -0.15) is 5.10 Å². The van der Waals surface area contributed by atoms with Crippen LogP contribution in [0, 0.1) is 0 Å². The van der Waals surface area contributed by atoms with E-state index in [2.05, 4.69) is 34.3 Å².